The number of nitrogens with zero attached hydrogens (tertiary/aromatic N) is 3. The Bertz CT molecular complexity index is 755. The number of aromatic nitrogens is 3. The van der Waals surface area contributed by atoms with Crippen LogP contribution in [0.25, 0.3) is 5.69 Å². The van der Waals surface area contributed by atoms with Crippen LogP contribution in [0, 0.1) is 12.8 Å². The molecule has 0 saturated heterocycles. The minimum Gasteiger partial charge on any atom is -0.357 e. The number of hydrogen-bond acceptors (Lipinski definition) is 4. The van der Waals surface area contributed by atoms with Crippen LogP contribution in [-0.4, -0.2) is 39.7 Å². The lowest BCUT2D eigenvalue weighted by Crippen LogP contribution is -2.46. The lowest BCUT2D eigenvalue weighted by molar-refractivity contribution is -0.122. The van der Waals surface area contributed by atoms with E-state index in [0.717, 1.165) is 5.69 Å². The van der Waals surface area contributed by atoms with E-state index in [2.05, 4.69) is 20.7 Å². The van der Waals surface area contributed by atoms with Gasteiger partial charge in [-0.15, -0.1) is 5.10 Å². The van der Waals surface area contributed by atoms with Gasteiger partial charge in [-0.25, -0.2) is 9.67 Å². The molecule has 1 atom stereocenters. The van der Waals surface area contributed by atoms with E-state index in [9.17, 15) is 9.59 Å². The summed E-state index contributed by atoms with van der Waals surface area (Å²) in [4.78, 5) is 28.6. The second kappa shape index (κ2) is 8.11. The largest absolute Gasteiger partial charge is 0.357 e. The van der Waals surface area contributed by atoms with Gasteiger partial charge in [0.1, 0.15) is 11.9 Å². The zero-order valence-corrected chi connectivity index (χ0v) is 15.5. The SMILES string of the molecule is CNC(=O)C(CC(C)C)NC(=O)c1nc(C)n(-c2ccc(Cl)cc2)n1. The molecule has 0 aliphatic heterocycles. The third-order valence-corrected chi connectivity index (χ3v) is 3.87. The summed E-state index contributed by atoms with van der Waals surface area (Å²) in [6.45, 7) is 5.72. The number of carbonyl (C=O) groups excluding carboxylic acids is 2. The highest BCUT2D eigenvalue weighted by Gasteiger charge is 2.24. The molecule has 2 amide bonds. The third kappa shape index (κ3) is 4.79. The summed E-state index contributed by atoms with van der Waals surface area (Å²) in [5, 5.41) is 10.1. The summed E-state index contributed by atoms with van der Waals surface area (Å²) < 4.78 is 1.56. The van der Waals surface area contributed by atoms with Crippen molar-refractivity contribution in [2.45, 2.75) is 33.2 Å². The number of rotatable bonds is 6. The van der Waals surface area contributed by atoms with E-state index >= 15 is 0 Å². The van der Waals surface area contributed by atoms with Crippen LogP contribution < -0.4 is 10.6 Å². The standard InChI is InChI=1S/C17H22ClN5O2/c1-10(2)9-14(16(24)19-4)21-17(25)15-20-11(3)23(22-15)13-7-5-12(18)6-8-13/h5-8,10,14H,9H2,1-4H3,(H,19,24)(H,21,25). The van der Waals surface area contributed by atoms with E-state index in [0.29, 0.717) is 17.3 Å². The molecule has 7 nitrogen and oxygen atoms in total. The Labute approximate surface area is 151 Å². The average Bonchev–Trinajstić information content (AvgIpc) is 2.95. The lowest BCUT2D eigenvalue weighted by atomic mass is 10.0. The molecule has 8 heteroatoms. The molecule has 0 bridgehead atoms. The van der Waals surface area contributed by atoms with Gasteiger partial charge in [0.2, 0.25) is 11.7 Å². The maximum atomic E-state index is 12.5. The summed E-state index contributed by atoms with van der Waals surface area (Å²) >= 11 is 5.89. The van der Waals surface area contributed by atoms with E-state index in [4.69, 9.17) is 11.6 Å². The molecule has 134 valence electrons. The fourth-order valence-electron chi connectivity index (χ4n) is 2.41. The van der Waals surface area contributed by atoms with Crippen molar-refractivity contribution in [1.82, 2.24) is 25.4 Å². The Hall–Kier alpha value is -2.41. The maximum absolute atomic E-state index is 12.5. The molecular formula is C17H22ClN5O2. The van der Waals surface area contributed by atoms with Crippen LogP contribution in [0.3, 0.4) is 0 Å². The lowest BCUT2D eigenvalue weighted by Gasteiger charge is -2.18. The average molecular weight is 364 g/mol. The zero-order chi connectivity index (χ0) is 18.6. The predicted molar refractivity (Wildman–Crippen MR) is 95.9 cm³/mol. The first-order chi connectivity index (χ1) is 11.8. The normalized spacial score (nSPS) is 12.1. The van der Waals surface area contributed by atoms with Crippen molar-refractivity contribution < 1.29 is 9.59 Å². The fourth-order valence-corrected chi connectivity index (χ4v) is 2.54. The molecule has 0 spiro atoms. The number of hydrogen-bond donors (Lipinski definition) is 2. The molecular weight excluding hydrogens is 342 g/mol. The molecule has 1 heterocycles. The highest BCUT2D eigenvalue weighted by molar-refractivity contribution is 6.30. The van der Waals surface area contributed by atoms with Crippen molar-refractivity contribution in [2.75, 3.05) is 7.05 Å². The molecule has 1 aromatic carbocycles. The van der Waals surface area contributed by atoms with Gasteiger partial charge in [-0.05, 0) is 43.5 Å². The van der Waals surface area contributed by atoms with Gasteiger partial charge < -0.3 is 10.6 Å². The second-order valence-corrected chi connectivity index (χ2v) is 6.58. The van der Waals surface area contributed by atoms with Crippen LogP contribution in [0.15, 0.2) is 24.3 Å². The Morgan fingerprint density at radius 2 is 1.88 bits per heavy atom. The van der Waals surface area contributed by atoms with Crippen molar-refractivity contribution in [3.8, 4) is 5.69 Å². The summed E-state index contributed by atoms with van der Waals surface area (Å²) in [7, 11) is 1.54. The number of likely N-dealkylation sites (N-methyl/N-ethyl adjacent to an activating group) is 1. The monoisotopic (exact) mass is 363 g/mol. The van der Waals surface area contributed by atoms with E-state index in [-0.39, 0.29) is 17.6 Å². The van der Waals surface area contributed by atoms with Crippen LogP contribution in [0.1, 0.15) is 36.7 Å². The number of aryl methyl sites for hydroxylation is 1. The molecule has 1 unspecified atom stereocenters. The summed E-state index contributed by atoms with van der Waals surface area (Å²) in [6, 6.07) is 6.43. The van der Waals surface area contributed by atoms with Gasteiger partial charge in [0, 0.05) is 12.1 Å². The first-order valence-corrected chi connectivity index (χ1v) is 8.41. The highest BCUT2D eigenvalue weighted by Crippen LogP contribution is 2.14. The van der Waals surface area contributed by atoms with E-state index < -0.39 is 11.9 Å². The molecule has 2 aromatic rings. The van der Waals surface area contributed by atoms with Gasteiger partial charge in [-0.1, -0.05) is 25.4 Å². The van der Waals surface area contributed by atoms with Crippen molar-refractivity contribution in [3.05, 3.63) is 40.9 Å². The number of carbonyl (C=O) groups is 2. The topological polar surface area (TPSA) is 88.9 Å². The maximum Gasteiger partial charge on any atom is 0.291 e. The van der Waals surface area contributed by atoms with E-state index in [1.165, 1.54) is 0 Å². The van der Waals surface area contributed by atoms with Crippen molar-refractivity contribution in [2.24, 2.45) is 5.92 Å². The van der Waals surface area contributed by atoms with Crippen LogP contribution in [0.4, 0.5) is 0 Å². The molecule has 2 rings (SSSR count). The van der Waals surface area contributed by atoms with Crippen molar-refractivity contribution >= 4 is 23.4 Å². The Morgan fingerprint density at radius 3 is 2.44 bits per heavy atom. The molecule has 2 N–H and O–H groups in total. The third-order valence-electron chi connectivity index (χ3n) is 3.62. The highest BCUT2D eigenvalue weighted by atomic mass is 35.5. The van der Waals surface area contributed by atoms with Crippen LogP contribution in [0.2, 0.25) is 5.02 Å². The minimum atomic E-state index is -0.625. The molecule has 0 aliphatic carbocycles. The van der Waals surface area contributed by atoms with E-state index in [1.807, 2.05) is 13.8 Å². The van der Waals surface area contributed by atoms with Gasteiger partial charge >= 0.3 is 0 Å². The molecule has 0 fully saturated rings. The Balaban J connectivity index is 2.20. The molecule has 0 aliphatic rings. The Kier molecular flexibility index (Phi) is 6.14. The smallest absolute Gasteiger partial charge is 0.291 e. The fraction of sp³-hybridized carbons (Fsp3) is 0.412. The first kappa shape index (κ1) is 18.9. The first-order valence-electron chi connectivity index (χ1n) is 8.04. The van der Waals surface area contributed by atoms with Crippen LogP contribution >= 0.6 is 11.6 Å². The number of halogens is 1. The summed E-state index contributed by atoms with van der Waals surface area (Å²) in [5.74, 6) is 0.114. The minimum absolute atomic E-state index is 0.0186. The van der Waals surface area contributed by atoms with Crippen LogP contribution in [-0.2, 0) is 4.79 Å². The summed E-state index contributed by atoms with van der Waals surface area (Å²) in [6.07, 6.45) is 0.530. The Morgan fingerprint density at radius 1 is 1.24 bits per heavy atom. The number of nitrogens with one attached hydrogen (secondary N) is 2. The van der Waals surface area contributed by atoms with E-state index in [1.54, 1.807) is 42.9 Å². The number of amides is 2. The van der Waals surface area contributed by atoms with Gasteiger partial charge in [0.25, 0.3) is 5.91 Å². The number of benzene rings is 1. The van der Waals surface area contributed by atoms with Crippen LogP contribution in [0.5, 0.6) is 0 Å². The van der Waals surface area contributed by atoms with Gasteiger partial charge in [0.15, 0.2) is 0 Å². The molecule has 0 saturated carbocycles. The molecule has 25 heavy (non-hydrogen) atoms. The second-order valence-electron chi connectivity index (χ2n) is 6.14. The van der Waals surface area contributed by atoms with Gasteiger partial charge in [0.05, 0.1) is 5.69 Å². The van der Waals surface area contributed by atoms with Gasteiger partial charge in [-0.3, -0.25) is 9.59 Å². The van der Waals surface area contributed by atoms with Crippen molar-refractivity contribution in [1.29, 1.82) is 0 Å². The van der Waals surface area contributed by atoms with Crippen molar-refractivity contribution in [3.63, 3.8) is 0 Å². The predicted octanol–water partition coefficient (Wildman–Crippen LogP) is 2.12. The molecule has 1 aromatic heterocycles. The van der Waals surface area contributed by atoms with Gasteiger partial charge in [-0.2, -0.15) is 0 Å². The zero-order valence-electron chi connectivity index (χ0n) is 14.7. The molecule has 0 radical (unpaired) electrons. The quantitative estimate of drug-likeness (QED) is 0.822. The summed E-state index contributed by atoms with van der Waals surface area (Å²) in [5.41, 5.74) is 0.749.